The summed E-state index contributed by atoms with van der Waals surface area (Å²) in [5, 5.41) is 11.9. The Morgan fingerprint density at radius 2 is 2.04 bits per heavy atom. The molecule has 1 aromatic heterocycles. The smallest absolute Gasteiger partial charge is 0.277 e. The van der Waals surface area contributed by atoms with Crippen LogP contribution in [0.4, 0.5) is 0 Å². The molecule has 0 radical (unpaired) electrons. The first-order chi connectivity index (χ1) is 11.7. The molecule has 7 heteroatoms. The number of nitrogens with one attached hydrogen (secondary N) is 1. The van der Waals surface area contributed by atoms with E-state index in [1.54, 1.807) is 6.07 Å². The van der Waals surface area contributed by atoms with Crippen molar-refractivity contribution in [2.75, 3.05) is 12.3 Å². The lowest BCUT2D eigenvalue weighted by Crippen LogP contribution is -2.31. The fourth-order valence-corrected chi connectivity index (χ4v) is 3.65. The second-order valence-corrected chi connectivity index (χ2v) is 7.28. The molecule has 1 aliphatic carbocycles. The van der Waals surface area contributed by atoms with Gasteiger partial charge in [-0.3, -0.25) is 4.79 Å². The topological polar surface area (TPSA) is 68.0 Å². The number of halogens is 1. The van der Waals surface area contributed by atoms with Gasteiger partial charge in [-0.1, -0.05) is 54.8 Å². The molecule has 2 aromatic rings. The minimum absolute atomic E-state index is 0.00284. The van der Waals surface area contributed by atoms with Crippen molar-refractivity contribution in [1.29, 1.82) is 0 Å². The highest BCUT2D eigenvalue weighted by Gasteiger charge is 2.16. The van der Waals surface area contributed by atoms with E-state index in [0.717, 1.165) is 6.54 Å². The van der Waals surface area contributed by atoms with E-state index >= 15 is 0 Å². The second kappa shape index (κ2) is 8.53. The molecule has 1 fully saturated rings. The maximum Gasteiger partial charge on any atom is 0.277 e. The highest BCUT2D eigenvalue weighted by molar-refractivity contribution is 7.99. The average Bonchev–Trinajstić information content (AvgIpc) is 3.08. The standard InChI is InChI=1S/C17H20ClN3O2S/c18-14-9-5-4-8-13(14)16-20-21-17(23-16)24-11-15(22)19-10-12-6-2-1-3-7-12/h4-5,8-9,12H,1-3,6-7,10-11H2,(H,19,22). The molecule has 0 atom stereocenters. The third-order valence-electron chi connectivity index (χ3n) is 4.15. The summed E-state index contributed by atoms with van der Waals surface area (Å²) in [6, 6.07) is 7.29. The van der Waals surface area contributed by atoms with Gasteiger partial charge in [0.1, 0.15) is 0 Å². The number of carbonyl (C=O) groups excluding carboxylic acids is 1. The van der Waals surface area contributed by atoms with E-state index in [4.69, 9.17) is 16.0 Å². The number of amides is 1. The quantitative estimate of drug-likeness (QED) is 0.778. The second-order valence-electron chi connectivity index (χ2n) is 5.95. The first kappa shape index (κ1) is 17.3. The molecule has 1 N–H and O–H groups in total. The lowest BCUT2D eigenvalue weighted by atomic mass is 9.89. The van der Waals surface area contributed by atoms with Gasteiger partial charge in [0, 0.05) is 6.54 Å². The van der Waals surface area contributed by atoms with E-state index in [1.165, 1.54) is 43.9 Å². The van der Waals surface area contributed by atoms with Gasteiger partial charge in [0.2, 0.25) is 11.8 Å². The van der Waals surface area contributed by atoms with Crippen LogP contribution in [0.5, 0.6) is 0 Å². The number of thioether (sulfide) groups is 1. The number of hydrogen-bond donors (Lipinski definition) is 1. The van der Waals surface area contributed by atoms with E-state index in [1.807, 2.05) is 18.2 Å². The van der Waals surface area contributed by atoms with Gasteiger partial charge in [-0.25, -0.2) is 0 Å². The highest BCUT2D eigenvalue weighted by Crippen LogP contribution is 2.28. The molecule has 0 unspecified atom stereocenters. The number of carbonyl (C=O) groups is 1. The van der Waals surface area contributed by atoms with Crippen molar-refractivity contribution in [1.82, 2.24) is 15.5 Å². The third kappa shape index (κ3) is 4.74. The molecular weight excluding hydrogens is 346 g/mol. The molecule has 1 aromatic carbocycles. The van der Waals surface area contributed by atoms with Crippen LogP contribution in [-0.4, -0.2) is 28.4 Å². The van der Waals surface area contributed by atoms with Crippen molar-refractivity contribution in [3.05, 3.63) is 29.3 Å². The van der Waals surface area contributed by atoms with E-state index < -0.39 is 0 Å². The van der Waals surface area contributed by atoms with Crippen molar-refractivity contribution in [2.45, 2.75) is 37.3 Å². The van der Waals surface area contributed by atoms with Crippen molar-refractivity contribution < 1.29 is 9.21 Å². The fourth-order valence-electron chi connectivity index (χ4n) is 2.84. The largest absolute Gasteiger partial charge is 0.411 e. The summed E-state index contributed by atoms with van der Waals surface area (Å²) in [5.41, 5.74) is 0.695. The van der Waals surface area contributed by atoms with Gasteiger partial charge in [0.05, 0.1) is 16.3 Å². The van der Waals surface area contributed by atoms with Crippen molar-refractivity contribution in [3.63, 3.8) is 0 Å². The molecule has 3 rings (SSSR count). The zero-order chi connectivity index (χ0) is 16.8. The van der Waals surface area contributed by atoms with Gasteiger partial charge in [0.15, 0.2) is 0 Å². The predicted molar refractivity (Wildman–Crippen MR) is 95.1 cm³/mol. The molecule has 1 heterocycles. The molecule has 5 nitrogen and oxygen atoms in total. The van der Waals surface area contributed by atoms with Gasteiger partial charge in [-0.2, -0.15) is 0 Å². The number of hydrogen-bond acceptors (Lipinski definition) is 5. The number of nitrogens with zero attached hydrogens (tertiary/aromatic N) is 2. The molecule has 0 aliphatic heterocycles. The van der Waals surface area contributed by atoms with Gasteiger partial charge in [-0.15, -0.1) is 10.2 Å². The highest BCUT2D eigenvalue weighted by atomic mass is 35.5. The van der Waals surface area contributed by atoms with Crippen LogP contribution in [0.25, 0.3) is 11.5 Å². The summed E-state index contributed by atoms with van der Waals surface area (Å²) in [4.78, 5) is 11.9. The van der Waals surface area contributed by atoms with Crippen LogP contribution in [0, 0.1) is 5.92 Å². The van der Waals surface area contributed by atoms with Crippen LogP contribution < -0.4 is 5.32 Å². The van der Waals surface area contributed by atoms with Gasteiger partial charge >= 0.3 is 0 Å². The van der Waals surface area contributed by atoms with Crippen LogP contribution >= 0.6 is 23.4 Å². The summed E-state index contributed by atoms with van der Waals surface area (Å²) in [6.45, 7) is 0.772. The Labute approximate surface area is 150 Å². The van der Waals surface area contributed by atoms with Crippen molar-refractivity contribution in [2.24, 2.45) is 5.92 Å². The minimum atomic E-state index is 0.00284. The Morgan fingerprint density at radius 1 is 1.25 bits per heavy atom. The number of benzene rings is 1. The molecular formula is C17H20ClN3O2S. The molecule has 0 spiro atoms. The van der Waals surface area contributed by atoms with Crippen LogP contribution in [-0.2, 0) is 4.79 Å². The first-order valence-corrected chi connectivity index (χ1v) is 9.56. The van der Waals surface area contributed by atoms with Crippen LogP contribution in [0.1, 0.15) is 32.1 Å². The summed E-state index contributed by atoms with van der Waals surface area (Å²) < 4.78 is 5.57. The summed E-state index contributed by atoms with van der Waals surface area (Å²) in [7, 11) is 0. The SMILES string of the molecule is O=C(CSc1nnc(-c2ccccc2Cl)o1)NCC1CCCCC1. The van der Waals surface area contributed by atoms with E-state index in [2.05, 4.69) is 15.5 Å². The fraction of sp³-hybridized carbons (Fsp3) is 0.471. The number of rotatable bonds is 6. The van der Waals surface area contributed by atoms with Crippen molar-refractivity contribution >= 4 is 29.3 Å². The maximum atomic E-state index is 11.9. The first-order valence-electron chi connectivity index (χ1n) is 8.20. The Morgan fingerprint density at radius 3 is 2.83 bits per heavy atom. The molecule has 128 valence electrons. The lowest BCUT2D eigenvalue weighted by Gasteiger charge is -2.21. The number of aromatic nitrogens is 2. The zero-order valence-corrected chi connectivity index (χ0v) is 14.9. The Kier molecular flexibility index (Phi) is 6.15. The van der Waals surface area contributed by atoms with Crippen LogP contribution in [0.2, 0.25) is 5.02 Å². The lowest BCUT2D eigenvalue weighted by molar-refractivity contribution is -0.118. The van der Waals surface area contributed by atoms with Crippen molar-refractivity contribution in [3.8, 4) is 11.5 Å². The van der Waals surface area contributed by atoms with Gasteiger partial charge in [0.25, 0.3) is 5.22 Å². The van der Waals surface area contributed by atoms with E-state index in [0.29, 0.717) is 27.6 Å². The third-order valence-corrected chi connectivity index (χ3v) is 5.30. The minimum Gasteiger partial charge on any atom is -0.411 e. The Hall–Kier alpha value is -1.53. The molecule has 24 heavy (non-hydrogen) atoms. The monoisotopic (exact) mass is 365 g/mol. The van der Waals surface area contributed by atoms with Gasteiger partial charge < -0.3 is 9.73 Å². The summed E-state index contributed by atoms with van der Waals surface area (Å²) in [5.74, 6) is 1.27. The molecule has 0 saturated heterocycles. The van der Waals surface area contributed by atoms with Gasteiger partial charge in [-0.05, 0) is 30.9 Å². The average molecular weight is 366 g/mol. The zero-order valence-electron chi connectivity index (χ0n) is 13.3. The molecule has 1 amide bonds. The Balaban J connectivity index is 1.46. The Bertz CT molecular complexity index is 686. The van der Waals surface area contributed by atoms with E-state index in [9.17, 15) is 4.79 Å². The van der Waals surface area contributed by atoms with E-state index in [-0.39, 0.29) is 11.7 Å². The normalized spacial score (nSPS) is 15.4. The predicted octanol–water partition coefficient (Wildman–Crippen LogP) is 4.18. The summed E-state index contributed by atoms with van der Waals surface area (Å²) in [6.07, 6.45) is 6.33. The molecule has 1 saturated carbocycles. The molecule has 0 bridgehead atoms. The van der Waals surface area contributed by atoms with Crippen LogP contribution in [0.15, 0.2) is 33.9 Å². The van der Waals surface area contributed by atoms with Crippen LogP contribution in [0.3, 0.4) is 0 Å². The maximum absolute atomic E-state index is 11.9. The molecule has 1 aliphatic rings. The summed E-state index contributed by atoms with van der Waals surface area (Å²) >= 11 is 7.35.